The lowest BCUT2D eigenvalue weighted by atomic mass is 10.0. The number of hydrogen-bond donors (Lipinski definition) is 0. The summed E-state index contributed by atoms with van der Waals surface area (Å²) in [5, 5.41) is -3.84. The largest absolute Gasteiger partial charge is 0.747 e. The minimum Gasteiger partial charge on any atom is -0.747 e. The van der Waals surface area contributed by atoms with Crippen molar-refractivity contribution in [3.63, 3.8) is 0 Å². The normalized spacial score (nSPS) is 12.5. The van der Waals surface area contributed by atoms with Gasteiger partial charge in [0.05, 0.1) is 105 Å². The third kappa shape index (κ3) is 60.4. The van der Waals surface area contributed by atoms with Gasteiger partial charge in [-0.3, -0.25) is 19.2 Å². The smallest absolute Gasteiger partial charge is 0.307 e. The molecule has 22 heteroatoms. The Kier molecular flexibility index (Phi) is 59.8. The monoisotopic (exact) mass is 1190 g/mol. The summed E-state index contributed by atoms with van der Waals surface area (Å²) in [6, 6.07) is 0. The van der Waals surface area contributed by atoms with Gasteiger partial charge in [0, 0.05) is 13.2 Å². The minimum absolute atomic E-state index is 0.0804. The van der Waals surface area contributed by atoms with Crippen LogP contribution in [0.1, 0.15) is 220 Å². The topological polar surface area (TPSA) is 275 Å². The molecule has 0 aromatic rings. The second kappa shape index (κ2) is 59.9. The lowest BCUT2D eigenvalue weighted by molar-refractivity contribution is -0.146. The van der Waals surface area contributed by atoms with E-state index in [-0.39, 0.29) is 39.6 Å². The van der Waals surface area contributed by atoms with Gasteiger partial charge >= 0.3 is 11.9 Å². The van der Waals surface area contributed by atoms with Gasteiger partial charge in [0.25, 0.3) is 0 Å². The Morgan fingerprint density at radius 1 is 0.287 bits per heavy atom. The van der Waals surface area contributed by atoms with E-state index in [2.05, 4.69) is 13.8 Å². The van der Waals surface area contributed by atoms with Gasteiger partial charge in [-0.2, -0.15) is 0 Å². The van der Waals surface area contributed by atoms with Crippen molar-refractivity contribution < 1.29 is 92.5 Å². The summed E-state index contributed by atoms with van der Waals surface area (Å²) in [6.07, 6.45) is 36.1. The Labute approximate surface area is 484 Å². The molecule has 2 unspecified atom stereocenters. The van der Waals surface area contributed by atoms with Crippen molar-refractivity contribution in [2.45, 2.75) is 231 Å². The number of ketones is 2. The van der Waals surface area contributed by atoms with Gasteiger partial charge in [0.15, 0.2) is 0 Å². The van der Waals surface area contributed by atoms with E-state index in [1.807, 2.05) is 0 Å². The molecule has 80 heavy (non-hydrogen) atoms. The van der Waals surface area contributed by atoms with Crippen molar-refractivity contribution in [2.24, 2.45) is 0 Å². The maximum Gasteiger partial charge on any atom is 0.307 e. The van der Waals surface area contributed by atoms with Crippen molar-refractivity contribution in [3.8, 4) is 0 Å². The fourth-order valence-corrected chi connectivity index (χ4v) is 9.56. The summed E-state index contributed by atoms with van der Waals surface area (Å²) in [4.78, 5) is 45.5. The predicted molar refractivity (Wildman–Crippen MR) is 307 cm³/mol. The molecule has 0 heterocycles. The molecule has 0 spiro atoms. The molecule has 0 fully saturated rings. The average Bonchev–Trinajstić information content (AvgIpc) is 3.40. The van der Waals surface area contributed by atoms with Gasteiger partial charge in [-0.05, 0) is 26.7 Å². The van der Waals surface area contributed by atoms with Crippen LogP contribution in [0.2, 0.25) is 0 Å². The molecule has 0 bridgehead atoms. The number of ether oxygens (including phenoxy) is 10. The zero-order chi connectivity index (χ0) is 59.5. The summed E-state index contributed by atoms with van der Waals surface area (Å²) in [5.74, 6) is -3.67. The zero-order valence-corrected chi connectivity index (χ0v) is 51.7. The van der Waals surface area contributed by atoms with E-state index >= 15 is 0 Å². The molecular formula is C58H110O20S2-2. The van der Waals surface area contributed by atoms with Crippen LogP contribution in [-0.4, -0.2) is 179 Å². The molecule has 0 N–H and O–H groups in total. The molecule has 0 amide bonds. The van der Waals surface area contributed by atoms with Crippen molar-refractivity contribution in [2.75, 3.05) is 119 Å². The van der Waals surface area contributed by atoms with E-state index in [9.17, 15) is 45.1 Å². The quantitative estimate of drug-likeness (QED) is 0.0311. The maximum atomic E-state index is 11.6. The summed E-state index contributed by atoms with van der Waals surface area (Å²) in [7, 11) is -9.79. The number of carbonyl (C=O) groups excluding carboxylic acids is 4. The first-order valence-electron chi connectivity index (χ1n) is 30.4. The number of rotatable bonds is 62. The summed E-state index contributed by atoms with van der Waals surface area (Å²) in [5.41, 5.74) is 0. The van der Waals surface area contributed by atoms with Crippen LogP contribution in [0.4, 0.5) is 0 Å². The van der Waals surface area contributed by atoms with Crippen molar-refractivity contribution in [1.29, 1.82) is 0 Å². The maximum absolute atomic E-state index is 11.6. The number of unbranched alkanes of at least 4 members (excludes halogenated alkanes) is 26. The molecule has 2 atom stereocenters. The third-order valence-corrected chi connectivity index (χ3v) is 15.2. The van der Waals surface area contributed by atoms with Crippen LogP contribution in [0.3, 0.4) is 0 Å². The van der Waals surface area contributed by atoms with Crippen LogP contribution in [0, 0.1) is 0 Å². The Balaban J connectivity index is 0. The lowest BCUT2D eigenvalue weighted by Crippen LogP contribution is -2.31. The van der Waals surface area contributed by atoms with Crippen LogP contribution in [0.15, 0.2) is 0 Å². The molecule has 0 saturated carbocycles. The molecule has 0 aliphatic carbocycles. The van der Waals surface area contributed by atoms with E-state index in [1.54, 1.807) is 0 Å². The zero-order valence-electron chi connectivity index (χ0n) is 50.1. The van der Waals surface area contributed by atoms with Gasteiger partial charge < -0.3 is 56.5 Å². The minimum atomic E-state index is -4.89. The van der Waals surface area contributed by atoms with E-state index in [0.717, 1.165) is 39.9 Å². The van der Waals surface area contributed by atoms with Crippen molar-refractivity contribution >= 4 is 43.7 Å². The second-order valence-corrected chi connectivity index (χ2v) is 23.2. The summed E-state index contributed by atoms with van der Waals surface area (Å²) >= 11 is 0. The molecule has 0 aliphatic heterocycles. The molecule has 0 aliphatic rings. The number of hydrogen-bond acceptors (Lipinski definition) is 20. The van der Waals surface area contributed by atoms with Gasteiger partial charge in [-0.25, -0.2) is 16.8 Å². The Bertz CT molecular complexity index is 1630. The Morgan fingerprint density at radius 2 is 0.463 bits per heavy atom. The second-order valence-electron chi connectivity index (χ2n) is 20.1. The van der Waals surface area contributed by atoms with Crippen LogP contribution >= 0.6 is 0 Å². The highest BCUT2D eigenvalue weighted by atomic mass is 32.2. The summed E-state index contributed by atoms with van der Waals surface area (Å²) in [6.45, 7) is 13.1. The molecule has 20 nitrogen and oxygen atoms in total. The Hall–Kier alpha value is -2.22. The molecule has 476 valence electrons. The Morgan fingerprint density at radius 3 is 0.650 bits per heavy atom. The first-order valence-corrected chi connectivity index (χ1v) is 33.4. The molecule has 0 aromatic carbocycles. The van der Waals surface area contributed by atoms with Gasteiger partial charge in [-0.1, -0.05) is 181 Å². The van der Waals surface area contributed by atoms with Crippen LogP contribution < -0.4 is 0 Å². The highest BCUT2D eigenvalue weighted by molar-refractivity contribution is 7.87. The average molecular weight is 1190 g/mol. The van der Waals surface area contributed by atoms with Gasteiger partial charge in [0.1, 0.15) is 55.5 Å². The molecule has 0 aromatic heterocycles. The van der Waals surface area contributed by atoms with Gasteiger partial charge in [0.2, 0.25) is 0 Å². The first kappa shape index (κ1) is 79.8. The highest BCUT2D eigenvalue weighted by Crippen LogP contribution is 2.15. The van der Waals surface area contributed by atoms with Crippen LogP contribution in [0.25, 0.3) is 0 Å². The van der Waals surface area contributed by atoms with Gasteiger partial charge in [-0.15, -0.1) is 0 Å². The van der Waals surface area contributed by atoms with Crippen LogP contribution in [0.5, 0.6) is 0 Å². The van der Waals surface area contributed by atoms with E-state index in [1.165, 1.54) is 167 Å². The standard InChI is InChI=1S/C31H60O10S.C27H52O10S/c1-3-4-5-6-7-8-9-10-11-12-13-14-15-16-17-18-19-37-20-21-38-22-23-39-24-25-40-26-27-41-31(33)28-30(29(2)32)42(34,35)36;1-3-4-5-6-7-8-9-10-11-12-13-14-15-33-16-17-34-18-19-35-20-21-36-22-23-37-27(29)24-26(25(2)28)38(30,31)32/h30H,3-28H2,1-2H3,(H,34,35,36);26H,3-24H2,1-2H3,(H,30,31,32)/p-2. The lowest BCUT2D eigenvalue weighted by Gasteiger charge is -2.16. The highest BCUT2D eigenvalue weighted by Gasteiger charge is 2.26. The molecular weight excluding hydrogens is 1080 g/mol. The first-order chi connectivity index (χ1) is 38.6. The molecule has 0 radical (unpaired) electrons. The molecule has 0 rings (SSSR count). The SMILES string of the molecule is CCCCCCCCCCCCCCCCCCOCCOCCOCCOCCOC(=O)CC(C(C)=O)S(=O)(=O)[O-].CCCCCCCCCCCCCCOCCOCCOCCOCCOC(=O)CC(C(C)=O)S(=O)(=O)[O-]. The summed E-state index contributed by atoms with van der Waals surface area (Å²) < 4.78 is 119. The predicted octanol–water partition coefficient (Wildman–Crippen LogP) is 9.94. The van der Waals surface area contributed by atoms with Crippen molar-refractivity contribution in [1.82, 2.24) is 0 Å². The number of carbonyl (C=O) groups is 4. The fourth-order valence-electron chi connectivity index (χ4n) is 8.07. The third-order valence-electron chi connectivity index (χ3n) is 12.8. The number of Topliss-reactive ketones (excluding diaryl/α,β-unsaturated/α-hetero) is 2. The van der Waals surface area contributed by atoms with E-state index < -0.39 is 67.1 Å². The van der Waals surface area contributed by atoms with Crippen LogP contribution in [-0.2, 0) is 86.8 Å². The van der Waals surface area contributed by atoms with E-state index in [4.69, 9.17) is 47.4 Å². The molecule has 0 saturated heterocycles. The fraction of sp³-hybridized carbons (Fsp3) is 0.931. The van der Waals surface area contributed by atoms with E-state index in [0.29, 0.717) is 66.1 Å². The van der Waals surface area contributed by atoms with Crippen molar-refractivity contribution in [3.05, 3.63) is 0 Å². The number of esters is 2.